The van der Waals surface area contributed by atoms with Crippen molar-refractivity contribution in [1.29, 1.82) is 0 Å². The quantitative estimate of drug-likeness (QED) is 0.563. The Balaban J connectivity index is 1.43. The summed E-state index contributed by atoms with van der Waals surface area (Å²) in [4.78, 5) is 47.7. The summed E-state index contributed by atoms with van der Waals surface area (Å²) in [6.45, 7) is 2.92. The average molecular weight is 564 g/mol. The van der Waals surface area contributed by atoms with E-state index in [1.54, 1.807) is 28.0 Å². The number of rotatable bonds is 5. The van der Waals surface area contributed by atoms with Gasteiger partial charge in [0.2, 0.25) is 11.8 Å². The number of hydrogen-bond acceptors (Lipinski definition) is 5. The normalized spacial score (nSPS) is 31.7. The zero-order valence-electron chi connectivity index (χ0n) is 21.6. The number of thioether (sulfide) groups is 1. The van der Waals surface area contributed by atoms with Gasteiger partial charge in [0.15, 0.2) is 0 Å². The minimum Gasteiger partial charge on any atom is -0.395 e. The van der Waals surface area contributed by atoms with Crippen LogP contribution in [0.15, 0.2) is 78.9 Å². The maximum atomic E-state index is 14.3. The van der Waals surface area contributed by atoms with Gasteiger partial charge in [-0.15, -0.1) is 11.8 Å². The predicted octanol–water partition coefficient (Wildman–Crippen LogP) is 3.52. The Hall–Kier alpha value is -3.07. The van der Waals surface area contributed by atoms with Gasteiger partial charge >= 0.3 is 0 Å². The maximum Gasteiger partial charge on any atom is 0.251 e. The summed E-state index contributed by atoms with van der Waals surface area (Å²) in [6, 6.07) is 16.1. The molecule has 2 aromatic rings. The van der Waals surface area contributed by atoms with Crippen molar-refractivity contribution < 1.29 is 19.5 Å². The average Bonchev–Trinajstić information content (AvgIpc) is 3.18. The lowest BCUT2D eigenvalue weighted by molar-refractivity contribution is -0.144. The fourth-order valence-corrected chi connectivity index (χ4v) is 9.15. The molecule has 202 valence electrons. The SMILES string of the molecule is C[C@]12C=CCN(Cc3ccccc3)C(=O)[C@H]1[C@H]1C(=O)N(CCO)C3C(=O)N(c4ccccc4Cl)CC=C[C@@]31S2. The maximum absolute atomic E-state index is 14.3. The van der Waals surface area contributed by atoms with Crippen LogP contribution in [0, 0.1) is 11.8 Å². The number of carbonyl (C=O) groups is 3. The number of aliphatic hydroxyl groups is 1. The number of para-hydroxylation sites is 1. The summed E-state index contributed by atoms with van der Waals surface area (Å²) >= 11 is 8.02. The largest absolute Gasteiger partial charge is 0.395 e. The molecule has 0 aromatic heterocycles. The van der Waals surface area contributed by atoms with E-state index in [1.165, 1.54) is 16.7 Å². The number of likely N-dealkylation sites (tertiary alicyclic amines) is 1. The fourth-order valence-electron chi connectivity index (χ4n) is 6.75. The molecular weight excluding hydrogens is 534 g/mol. The van der Waals surface area contributed by atoms with E-state index in [0.29, 0.717) is 30.3 Å². The predicted molar refractivity (Wildman–Crippen MR) is 152 cm³/mol. The van der Waals surface area contributed by atoms with Crippen LogP contribution in [0.4, 0.5) is 5.69 Å². The molecule has 1 spiro atoms. The second kappa shape index (κ2) is 9.84. The number of nitrogens with zero attached hydrogens (tertiary/aromatic N) is 3. The third-order valence-corrected chi connectivity index (χ3v) is 10.5. The Morgan fingerprint density at radius 1 is 0.923 bits per heavy atom. The summed E-state index contributed by atoms with van der Waals surface area (Å²) in [6.07, 6.45) is 7.95. The first-order valence-electron chi connectivity index (χ1n) is 13.2. The number of hydrogen-bond donors (Lipinski definition) is 1. The first kappa shape index (κ1) is 26.2. The molecule has 2 fully saturated rings. The van der Waals surface area contributed by atoms with E-state index in [4.69, 9.17) is 11.6 Å². The van der Waals surface area contributed by atoms with Gasteiger partial charge in [0.05, 0.1) is 33.9 Å². The van der Waals surface area contributed by atoms with Gasteiger partial charge in [-0.05, 0) is 24.6 Å². The zero-order valence-corrected chi connectivity index (χ0v) is 23.1. The summed E-state index contributed by atoms with van der Waals surface area (Å²) in [5, 5.41) is 10.4. The molecule has 5 atom stereocenters. The van der Waals surface area contributed by atoms with Crippen LogP contribution in [0.2, 0.25) is 5.02 Å². The van der Waals surface area contributed by atoms with Gasteiger partial charge in [0, 0.05) is 30.9 Å². The Morgan fingerprint density at radius 3 is 2.38 bits per heavy atom. The lowest BCUT2D eigenvalue weighted by Crippen LogP contribution is -2.54. The van der Waals surface area contributed by atoms with Crippen molar-refractivity contribution in [3.63, 3.8) is 0 Å². The second-order valence-corrected chi connectivity index (χ2v) is 12.9. The van der Waals surface area contributed by atoms with E-state index in [0.717, 1.165) is 5.56 Å². The number of amides is 3. The number of β-amino-alcohol motifs (C(OH)–C–C–N with tert-alkyl or cyclic N) is 1. The number of benzene rings is 2. The Labute approximate surface area is 237 Å². The molecule has 2 saturated heterocycles. The van der Waals surface area contributed by atoms with Crippen LogP contribution in [0.1, 0.15) is 12.5 Å². The minimum atomic E-state index is -0.964. The molecule has 6 rings (SSSR count). The highest BCUT2D eigenvalue weighted by atomic mass is 35.5. The van der Waals surface area contributed by atoms with Crippen LogP contribution in [0.5, 0.6) is 0 Å². The summed E-state index contributed by atoms with van der Waals surface area (Å²) in [7, 11) is 0. The zero-order chi connectivity index (χ0) is 27.4. The number of carbonyl (C=O) groups excluding carboxylic acids is 3. The first-order valence-corrected chi connectivity index (χ1v) is 14.4. The van der Waals surface area contributed by atoms with E-state index >= 15 is 0 Å². The van der Waals surface area contributed by atoms with Crippen LogP contribution in [-0.2, 0) is 20.9 Å². The number of fused-ring (bicyclic) bond motifs is 2. The van der Waals surface area contributed by atoms with Crippen LogP contribution in [-0.4, -0.2) is 74.4 Å². The lowest BCUT2D eigenvalue weighted by atomic mass is 9.74. The molecule has 4 heterocycles. The molecule has 0 saturated carbocycles. The van der Waals surface area contributed by atoms with E-state index in [-0.39, 0.29) is 30.9 Å². The monoisotopic (exact) mass is 563 g/mol. The highest BCUT2D eigenvalue weighted by Gasteiger charge is 2.73. The van der Waals surface area contributed by atoms with Gasteiger partial charge in [-0.3, -0.25) is 14.4 Å². The third kappa shape index (κ3) is 4.03. The van der Waals surface area contributed by atoms with Crippen molar-refractivity contribution >= 4 is 46.8 Å². The highest BCUT2D eigenvalue weighted by molar-refractivity contribution is 8.02. The number of anilines is 1. The molecule has 0 aliphatic carbocycles. The topological polar surface area (TPSA) is 81.2 Å². The molecule has 0 radical (unpaired) electrons. The van der Waals surface area contributed by atoms with E-state index in [2.05, 4.69) is 0 Å². The van der Waals surface area contributed by atoms with E-state index in [1.807, 2.05) is 67.6 Å². The Morgan fingerprint density at radius 2 is 1.64 bits per heavy atom. The van der Waals surface area contributed by atoms with Gasteiger partial charge in [-0.1, -0.05) is 78.4 Å². The van der Waals surface area contributed by atoms with Crippen molar-refractivity contribution in [2.24, 2.45) is 11.8 Å². The third-order valence-electron chi connectivity index (χ3n) is 8.34. The molecular formula is C30H30ClN3O4S. The van der Waals surface area contributed by atoms with Crippen molar-refractivity contribution in [3.8, 4) is 0 Å². The smallest absolute Gasteiger partial charge is 0.251 e. The van der Waals surface area contributed by atoms with Crippen LogP contribution in [0.3, 0.4) is 0 Å². The van der Waals surface area contributed by atoms with Crippen LogP contribution >= 0.6 is 23.4 Å². The summed E-state index contributed by atoms with van der Waals surface area (Å²) < 4.78 is -1.65. The second-order valence-electron chi connectivity index (χ2n) is 10.7. The molecule has 4 aliphatic rings. The molecule has 9 heteroatoms. The van der Waals surface area contributed by atoms with Gasteiger partial charge in [0.25, 0.3) is 5.91 Å². The molecule has 0 bridgehead atoms. The van der Waals surface area contributed by atoms with Crippen molar-refractivity contribution in [2.75, 3.05) is 31.1 Å². The van der Waals surface area contributed by atoms with Gasteiger partial charge in [-0.25, -0.2) is 0 Å². The Kier molecular flexibility index (Phi) is 6.60. The highest BCUT2D eigenvalue weighted by Crippen LogP contribution is 2.65. The van der Waals surface area contributed by atoms with E-state index in [9.17, 15) is 19.5 Å². The minimum absolute atomic E-state index is 0.0133. The number of halogens is 1. The van der Waals surface area contributed by atoms with Crippen molar-refractivity contribution in [3.05, 3.63) is 89.5 Å². The van der Waals surface area contributed by atoms with Crippen LogP contribution < -0.4 is 4.90 Å². The van der Waals surface area contributed by atoms with E-state index < -0.39 is 27.4 Å². The fraction of sp³-hybridized carbons (Fsp3) is 0.367. The lowest BCUT2D eigenvalue weighted by Gasteiger charge is -2.36. The Bertz CT molecular complexity index is 1380. The van der Waals surface area contributed by atoms with Crippen molar-refractivity contribution in [2.45, 2.75) is 29.0 Å². The van der Waals surface area contributed by atoms with Crippen molar-refractivity contribution in [1.82, 2.24) is 9.80 Å². The molecule has 1 unspecified atom stereocenters. The number of aliphatic hydroxyl groups excluding tert-OH is 1. The summed E-state index contributed by atoms with van der Waals surface area (Å²) in [5.74, 6) is -2.02. The first-order chi connectivity index (χ1) is 18.8. The van der Waals surface area contributed by atoms with Gasteiger partial charge in [-0.2, -0.15) is 0 Å². The molecule has 39 heavy (non-hydrogen) atoms. The standard InChI is InChI=1S/C30H30ClN3O4S/c1-29-13-7-15-32(19-20-9-3-2-4-10-20)26(36)23(29)24-27(37)34(17-18-35)25-28(38)33(16-8-14-30(24,25)39-29)22-12-6-5-11-21(22)31/h2-14,23-25,35H,15-19H2,1H3/t23-,24+,25?,29+,30+/m1/s1. The summed E-state index contributed by atoms with van der Waals surface area (Å²) in [5.41, 5.74) is 1.58. The molecule has 4 aliphatic heterocycles. The van der Waals surface area contributed by atoms with Gasteiger partial charge in [0.1, 0.15) is 6.04 Å². The molecule has 1 N–H and O–H groups in total. The van der Waals surface area contributed by atoms with Gasteiger partial charge < -0.3 is 19.8 Å². The molecule has 2 aromatic carbocycles. The molecule has 7 nitrogen and oxygen atoms in total. The molecule has 3 amide bonds. The van der Waals surface area contributed by atoms with Crippen LogP contribution in [0.25, 0.3) is 0 Å².